The predicted molar refractivity (Wildman–Crippen MR) is 86.0 cm³/mol. The van der Waals surface area contributed by atoms with Crippen molar-refractivity contribution in [1.82, 2.24) is 19.4 Å². The number of piperidine rings is 1. The molecule has 1 atom stereocenters. The van der Waals surface area contributed by atoms with Crippen LogP contribution < -0.4 is 0 Å². The third kappa shape index (κ3) is 2.75. The van der Waals surface area contributed by atoms with Crippen molar-refractivity contribution in [3.63, 3.8) is 0 Å². The van der Waals surface area contributed by atoms with Crippen molar-refractivity contribution in [2.45, 2.75) is 38.1 Å². The molecule has 22 heavy (non-hydrogen) atoms. The summed E-state index contributed by atoms with van der Waals surface area (Å²) in [5, 5.41) is 0. The van der Waals surface area contributed by atoms with Crippen LogP contribution >= 0.6 is 0 Å². The molecule has 2 fully saturated rings. The van der Waals surface area contributed by atoms with E-state index in [0.29, 0.717) is 5.92 Å². The predicted octanol–water partition coefficient (Wildman–Crippen LogP) is 2.42. The van der Waals surface area contributed by atoms with Gasteiger partial charge in [-0.15, -0.1) is 0 Å². The van der Waals surface area contributed by atoms with Gasteiger partial charge in [0.25, 0.3) is 0 Å². The Labute approximate surface area is 131 Å². The molecule has 0 radical (unpaired) electrons. The first-order valence-electron chi connectivity index (χ1n) is 8.53. The molecule has 0 aromatic carbocycles. The molecule has 2 aromatic heterocycles. The molecule has 2 aliphatic heterocycles. The summed E-state index contributed by atoms with van der Waals surface area (Å²) in [6.07, 6.45) is 7.01. The molecular formula is C17H24N4O. The zero-order chi connectivity index (χ0) is 14.8. The fourth-order valence-electron chi connectivity index (χ4n) is 3.67. The molecule has 0 aliphatic carbocycles. The minimum atomic E-state index is 0.426. The second kappa shape index (κ2) is 6.34. The Morgan fingerprint density at radius 3 is 2.91 bits per heavy atom. The van der Waals surface area contributed by atoms with E-state index in [-0.39, 0.29) is 0 Å². The van der Waals surface area contributed by atoms with Crippen LogP contribution in [0.15, 0.2) is 18.3 Å². The monoisotopic (exact) mass is 300 g/mol. The SMILES string of the molecule is c1cnc2c(c1)nc(C1CCOC1)n2CCN1CCCCC1. The summed E-state index contributed by atoms with van der Waals surface area (Å²) in [4.78, 5) is 12.0. The number of ether oxygens (including phenoxy) is 1. The first-order chi connectivity index (χ1) is 10.9. The molecule has 2 aromatic rings. The van der Waals surface area contributed by atoms with Crippen molar-refractivity contribution >= 4 is 11.2 Å². The van der Waals surface area contributed by atoms with Crippen molar-refractivity contribution in [3.05, 3.63) is 24.2 Å². The largest absolute Gasteiger partial charge is 0.381 e. The van der Waals surface area contributed by atoms with Gasteiger partial charge in [0.05, 0.1) is 6.61 Å². The van der Waals surface area contributed by atoms with Crippen molar-refractivity contribution in [2.24, 2.45) is 0 Å². The third-order valence-corrected chi connectivity index (χ3v) is 4.92. The molecule has 4 rings (SSSR count). The van der Waals surface area contributed by atoms with Gasteiger partial charge in [-0.1, -0.05) is 6.42 Å². The lowest BCUT2D eigenvalue weighted by Crippen LogP contribution is -2.33. The van der Waals surface area contributed by atoms with Gasteiger partial charge in [0.15, 0.2) is 5.65 Å². The highest BCUT2D eigenvalue weighted by Gasteiger charge is 2.25. The van der Waals surface area contributed by atoms with Crippen LogP contribution in [0.2, 0.25) is 0 Å². The van der Waals surface area contributed by atoms with Gasteiger partial charge < -0.3 is 14.2 Å². The lowest BCUT2D eigenvalue weighted by Gasteiger charge is -2.27. The highest BCUT2D eigenvalue weighted by molar-refractivity contribution is 5.71. The summed E-state index contributed by atoms with van der Waals surface area (Å²) < 4.78 is 7.91. The Morgan fingerprint density at radius 2 is 2.09 bits per heavy atom. The van der Waals surface area contributed by atoms with Crippen LogP contribution in [0.5, 0.6) is 0 Å². The van der Waals surface area contributed by atoms with Gasteiger partial charge in [-0.05, 0) is 44.5 Å². The number of rotatable bonds is 4. The van der Waals surface area contributed by atoms with E-state index in [0.717, 1.165) is 43.9 Å². The maximum atomic E-state index is 5.57. The molecule has 5 nitrogen and oxygen atoms in total. The van der Waals surface area contributed by atoms with E-state index >= 15 is 0 Å². The molecule has 4 heterocycles. The van der Waals surface area contributed by atoms with Crippen molar-refractivity contribution in [2.75, 3.05) is 32.8 Å². The lowest BCUT2D eigenvalue weighted by atomic mass is 10.1. The minimum absolute atomic E-state index is 0.426. The molecule has 2 saturated heterocycles. The number of pyridine rings is 1. The molecule has 0 N–H and O–H groups in total. The highest BCUT2D eigenvalue weighted by Crippen LogP contribution is 2.27. The van der Waals surface area contributed by atoms with Crippen LogP contribution in [0, 0.1) is 0 Å². The molecule has 0 spiro atoms. The Bertz CT molecular complexity index is 627. The van der Waals surface area contributed by atoms with E-state index in [1.54, 1.807) is 0 Å². The first-order valence-corrected chi connectivity index (χ1v) is 8.53. The molecule has 5 heteroatoms. The number of fused-ring (bicyclic) bond motifs is 1. The second-order valence-electron chi connectivity index (χ2n) is 6.43. The summed E-state index contributed by atoms with van der Waals surface area (Å²) in [7, 11) is 0. The van der Waals surface area contributed by atoms with Crippen molar-refractivity contribution in [1.29, 1.82) is 0 Å². The molecule has 0 bridgehead atoms. The van der Waals surface area contributed by atoms with Gasteiger partial charge in [0.2, 0.25) is 0 Å². The fourth-order valence-corrected chi connectivity index (χ4v) is 3.67. The topological polar surface area (TPSA) is 43.2 Å². The quantitative estimate of drug-likeness (QED) is 0.870. The first kappa shape index (κ1) is 14.2. The molecule has 0 amide bonds. The summed E-state index contributed by atoms with van der Waals surface area (Å²) in [6, 6.07) is 4.04. The van der Waals surface area contributed by atoms with Crippen LogP contribution in [0.1, 0.15) is 37.4 Å². The average Bonchev–Trinajstić information content (AvgIpc) is 3.21. The molecule has 0 saturated carbocycles. The Hall–Kier alpha value is -1.46. The maximum absolute atomic E-state index is 5.57. The Morgan fingerprint density at radius 1 is 1.18 bits per heavy atom. The van der Waals surface area contributed by atoms with Crippen molar-refractivity contribution < 1.29 is 4.74 Å². The van der Waals surface area contributed by atoms with Gasteiger partial charge in [-0.25, -0.2) is 9.97 Å². The van der Waals surface area contributed by atoms with Gasteiger partial charge >= 0.3 is 0 Å². The molecule has 118 valence electrons. The Balaban J connectivity index is 1.60. The zero-order valence-corrected chi connectivity index (χ0v) is 13.1. The van der Waals surface area contributed by atoms with E-state index in [4.69, 9.17) is 9.72 Å². The molecule has 1 unspecified atom stereocenters. The maximum Gasteiger partial charge on any atom is 0.160 e. The van der Waals surface area contributed by atoms with Gasteiger partial charge in [-0.2, -0.15) is 0 Å². The van der Waals surface area contributed by atoms with Crippen LogP contribution in [0.3, 0.4) is 0 Å². The average molecular weight is 300 g/mol. The fraction of sp³-hybridized carbons (Fsp3) is 0.647. The standard InChI is InChI=1S/C17H24N4O/c1-2-8-20(9-3-1)10-11-21-16(14-6-12-22-13-14)19-15-5-4-7-18-17(15)21/h4-5,7,14H,1-3,6,8-13H2. The van der Waals surface area contributed by atoms with Crippen LogP contribution in [0.4, 0.5) is 0 Å². The molecule has 2 aliphatic rings. The molecular weight excluding hydrogens is 276 g/mol. The summed E-state index contributed by atoms with van der Waals surface area (Å²) >= 11 is 0. The number of hydrogen-bond acceptors (Lipinski definition) is 4. The lowest BCUT2D eigenvalue weighted by molar-refractivity contribution is 0.192. The smallest absolute Gasteiger partial charge is 0.160 e. The van der Waals surface area contributed by atoms with Crippen LogP contribution in [-0.2, 0) is 11.3 Å². The number of aromatic nitrogens is 3. The second-order valence-corrected chi connectivity index (χ2v) is 6.43. The van der Waals surface area contributed by atoms with E-state index in [1.165, 1.54) is 38.2 Å². The zero-order valence-electron chi connectivity index (χ0n) is 13.1. The minimum Gasteiger partial charge on any atom is -0.381 e. The van der Waals surface area contributed by atoms with Crippen LogP contribution in [-0.4, -0.2) is 52.3 Å². The Kier molecular flexibility index (Phi) is 4.08. The summed E-state index contributed by atoms with van der Waals surface area (Å²) in [5.41, 5.74) is 2.05. The van der Waals surface area contributed by atoms with E-state index in [9.17, 15) is 0 Å². The summed E-state index contributed by atoms with van der Waals surface area (Å²) in [5.74, 6) is 1.60. The van der Waals surface area contributed by atoms with Crippen LogP contribution in [0.25, 0.3) is 11.2 Å². The van der Waals surface area contributed by atoms with Crippen molar-refractivity contribution in [3.8, 4) is 0 Å². The third-order valence-electron chi connectivity index (χ3n) is 4.92. The number of nitrogens with zero attached hydrogens (tertiary/aromatic N) is 4. The summed E-state index contributed by atoms with van der Waals surface area (Å²) in [6.45, 7) is 6.21. The van der Waals surface area contributed by atoms with Gasteiger partial charge in [-0.3, -0.25) is 0 Å². The number of likely N-dealkylation sites (tertiary alicyclic amines) is 1. The number of hydrogen-bond donors (Lipinski definition) is 0. The van der Waals surface area contributed by atoms with Gasteiger partial charge in [0.1, 0.15) is 11.3 Å². The van der Waals surface area contributed by atoms with E-state index in [2.05, 4.69) is 20.5 Å². The normalized spacial score (nSPS) is 23.4. The van der Waals surface area contributed by atoms with Gasteiger partial charge in [0, 0.05) is 31.8 Å². The highest BCUT2D eigenvalue weighted by atomic mass is 16.5. The van der Waals surface area contributed by atoms with E-state index < -0.39 is 0 Å². The number of imidazole rings is 1. The van der Waals surface area contributed by atoms with E-state index in [1.807, 2.05) is 12.3 Å².